The van der Waals surface area contributed by atoms with Crippen molar-refractivity contribution in [3.63, 3.8) is 0 Å². The van der Waals surface area contributed by atoms with E-state index in [1.165, 1.54) is 6.26 Å². The largest absolute Gasteiger partial charge is 0.479 e. The predicted octanol–water partition coefficient (Wildman–Crippen LogP) is 3.31. The molecule has 1 aliphatic heterocycles. The lowest BCUT2D eigenvalue weighted by molar-refractivity contribution is -0.145. The number of carboxylic acid groups (broad SMARTS) is 1. The SMILES string of the molecule is O=C(O)[C@@H](c1ccccc1)N1C(=O)/C(=C\c2ccco2)SC1=S. The molecule has 2 aromatic rings. The molecular formula is C16H11NO4S2. The van der Waals surface area contributed by atoms with Crippen molar-refractivity contribution in [2.45, 2.75) is 6.04 Å². The molecule has 0 radical (unpaired) electrons. The van der Waals surface area contributed by atoms with Gasteiger partial charge in [0.25, 0.3) is 5.91 Å². The molecule has 1 aliphatic rings. The fraction of sp³-hybridized carbons (Fsp3) is 0.0625. The van der Waals surface area contributed by atoms with Gasteiger partial charge in [-0.15, -0.1) is 0 Å². The molecule has 23 heavy (non-hydrogen) atoms. The Bertz CT molecular complexity index is 784. The summed E-state index contributed by atoms with van der Waals surface area (Å²) in [5.41, 5.74) is 0.496. The van der Waals surface area contributed by atoms with E-state index in [4.69, 9.17) is 16.6 Å². The molecule has 0 saturated carbocycles. The minimum absolute atomic E-state index is 0.212. The molecule has 1 amide bonds. The summed E-state index contributed by atoms with van der Waals surface area (Å²) in [5, 5.41) is 9.56. The highest BCUT2D eigenvalue weighted by Crippen LogP contribution is 2.38. The zero-order valence-electron chi connectivity index (χ0n) is 11.7. The summed E-state index contributed by atoms with van der Waals surface area (Å²) in [7, 11) is 0. The highest BCUT2D eigenvalue weighted by Gasteiger charge is 2.41. The first-order valence-corrected chi connectivity index (χ1v) is 7.88. The van der Waals surface area contributed by atoms with Gasteiger partial charge in [0, 0.05) is 6.08 Å². The molecule has 0 spiro atoms. The summed E-state index contributed by atoms with van der Waals surface area (Å²) in [5.74, 6) is -1.06. The number of thiocarbonyl (C=S) groups is 1. The number of hydrogen-bond donors (Lipinski definition) is 1. The third-order valence-corrected chi connectivity index (χ3v) is 4.58. The van der Waals surface area contributed by atoms with Crippen molar-refractivity contribution >= 4 is 46.3 Å². The summed E-state index contributed by atoms with van der Waals surface area (Å²) >= 11 is 6.29. The smallest absolute Gasteiger partial charge is 0.331 e. The third-order valence-electron chi connectivity index (χ3n) is 3.25. The molecule has 0 bridgehead atoms. The van der Waals surface area contributed by atoms with Crippen LogP contribution in [0.25, 0.3) is 6.08 Å². The fourth-order valence-corrected chi connectivity index (χ4v) is 3.54. The molecule has 5 nitrogen and oxygen atoms in total. The van der Waals surface area contributed by atoms with Crippen LogP contribution in [0, 0.1) is 0 Å². The Labute approximate surface area is 141 Å². The van der Waals surface area contributed by atoms with Crippen molar-refractivity contribution < 1.29 is 19.1 Å². The first-order valence-electron chi connectivity index (χ1n) is 6.66. The quantitative estimate of drug-likeness (QED) is 0.677. The van der Waals surface area contributed by atoms with Crippen LogP contribution in [0.1, 0.15) is 17.4 Å². The molecule has 0 unspecified atom stereocenters. The predicted molar refractivity (Wildman–Crippen MR) is 90.5 cm³/mol. The summed E-state index contributed by atoms with van der Waals surface area (Å²) in [6, 6.07) is 10.8. The Hall–Kier alpha value is -2.38. The van der Waals surface area contributed by atoms with E-state index in [-0.39, 0.29) is 4.32 Å². The van der Waals surface area contributed by atoms with Crippen molar-refractivity contribution in [1.82, 2.24) is 4.90 Å². The molecule has 2 heterocycles. The number of furan rings is 1. The molecule has 1 aromatic carbocycles. The Balaban J connectivity index is 1.97. The molecule has 3 rings (SSSR count). The molecule has 1 N–H and O–H groups in total. The van der Waals surface area contributed by atoms with Gasteiger partial charge < -0.3 is 9.52 Å². The zero-order valence-corrected chi connectivity index (χ0v) is 13.3. The standard InChI is InChI=1S/C16H11NO4S2/c18-14-12(9-11-7-4-8-21-11)23-16(22)17(14)13(15(19)20)10-5-2-1-3-6-10/h1-9,13H,(H,19,20)/b12-9+/t13-/m1/s1. The Morgan fingerprint density at radius 1 is 1.26 bits per heavy atom. The van der Waals surface area contributed by atoms with Gasteiger partial charge in [-0.25, -0.2) is 4.79 Å². The second-order valence-electron chi connectivity index (χ2n) is 4.72. The van der Waals surface area contributed by atoms with E-state index in [1.54, 1.807) is 48.5 Å². The van der Waals surface area contributed by atoms with Crippen LogP contribution in [0.4, 0.5) is 0 Å². The summed E-state index contributed by atoms with van der Waals surface area (Å²) < 4.78 is 5.40. The van der Waals surface area contributed by atoms with Crippen molar-refractivity contribution in [2.24, 2.45) is 0 Å². The van der Waals surface area contributed by atoms with E-state index in [0.717, 1.165) is 16.7 Å². The number of thioether (sulfide) groups is 1. The van der Waals surface area contributed by atoms with Crippen LogP contribution in [0.2, 0.25) is 0 Å². The van der Waals surface area contributed by atoms with Crippen molar-refractivity contribution in [3.8, 4) is 0 Å². The monoisotopic (exact) mass is 345 g/mol. The maximum atomic E-state index is 12.6. The Morgan fingerprint density at radius 2 is 2.00 bits per heavy atom. The van der Waals surface area contributed by atoms with E-state index >= 15 is 0 Å². The van der Waals surface area contributed by atoms with Crippen molar-refractivity contribution in [1.29, 1.82) is 0 Å². The van der Waals surface area contributed by atoms with Gasteiger partial charge in [-0.3, -0.25) is 9.69 Å². The van der Waals surface area contributed by atoms with Gasteiger partial charge in [0.15, 0.2) is 6.04 Å². The number of carbonyl (C=O) groups is 2. The highest BCUT2D eigenvalue weighted by atomic mass is 32.2. The van der Waals surface area contributed by atoms with E-state index in [2.05, 4.69) is 0 Å². The molecular weight excluding hydrogens is 334 g/mol. The van der Waals surface area contributed by atoms with Gasteiger partial charge in [-0.2, -0.15) is 0 Å². The van der Waals surface area contributed by atoms with Crippen LogP contribution in [0.5, 0.6) is 0 Å². The van der Waals surface area contributed by atoms with Crippen molar-refractivity contribution in [2.75, 3.05) is 0 Å². The van der Waals surface area contributed by atoms with Crippen LogP contribution in [-0.4, -0.2) is 26.2 Å². The van der Waals surface area contributed by atoms with E-state index < -0.39 is 17.9 Å². The Kier molecular flexibility index (Phi) is 4.31. The van der Waals surface area contributed by atoms with E-state index in [9.17, 15) is 14.7 Å². The van der Waals surface area contributed by atoms with Gasteiger partial charge >= 0.3 is 5.97 Å². The number of aliphatic carboxylic acids is 1. The van der Waals surface area contributed by atoms with Crippen LogP contribution < -0.4 is 0 Å². The number of rotatable bonds is 4. The topological polar surface area (TPSA) is 70.8 Å². The first kappa shape index (κ1) is 15.5. The molecule has 1 aromatic heterocycles. The lowest BCUT2D eigenvalue weighted by atomic mass is 10.1. The summed E-state index contributed by atoms with van der Waals surface area (Å²) in [4.78, 5) is 25.8. The van der Waals surface area contributed by atoms with Gasteiger partial charge in [-0.05, 0) is 17.7 Å². The number of carbonyl (C=O) groups excluding carboxylic acids is 1. The maximum absolute atomic E-state index is 12.6. The molecule has 1 atom stereocenters. The fourth-order valence-electron chi connectivity index (χ4n) is 2.24. The lowest BCUT2D eigenvalue weighted by Crippen LogP contribution is -2.37. The molecule has 1 fully saturated rings. The van der Waals surface area contributed by atoms with Gasteiger partial charge in [0.1, 0.15) is 10.1 Å². The number of hydrogen-bond acceptors (Lipinski definition) is 5. The molecule has 7 heteroatoms. The maximum Gasteiger partial charge on any atom is 0.331 e. The van der Waals surface area contributed by atoms with Gasteiger partial charge in [0.2, 0.25) is 0 Å². The van der Waals surface area contributed by atoms with Crippen molar-refractivity contribution in [3.05, 3.63) is 65.0 Å². The van der Waals surface area contributed by atoms with Crippen LogP contribution in [-0.2, 0) is 9.59 Å². The highest BCUT2D eigenvalue weighted by molar-refractivity contribution is 8.26. The Morgan fingerprint density at radius 3 is 2.61 bits per heavy atom. The number of benzene rings is 1. The second-order valence-corrected chi connectivity index (χ2v) is 6.39. The number of amides is 1. The zero-order chi connectivity index (χ0) is 16.4. The normalized spacial score (nSPS) is 17.7. The summed E-state index contributed by atoms with van der Waals surface area (Å²) in [6.45, 7) is 0. The average Bonchev–Trinajstić information content (AvgIpc) is 3.12. The first-order chi connectivity index (χ1) is 11.1. The average molecular weight is 345 g/mol. The van der Waals surface area contributed by atoms with Gasteiger partial charge in [0.05, 0.1) is 11.2 Å². The molecule has 1 saturated heterocycles. The van der Waals surface area contributed by atoms with Crippen LogP contribution >= 0.6 is 24.0 Å². The minimum Gasteiger partial charge on any atom is -0.479 e. The minimum atomic E-state index is -1.15. The lowest BCUT2D eigenvalue weighted by Gasteiger charge is -2.23. The molecule has 116 valence electrons. The third kappa shape index (κ3) is 3.06. The molecule has 0 aliphatic carbocycles. The second kappa shape index (κ2) is 6.39. The van der Waals surface area contributed by atoms with Crippen LogP contribution in [0.3, 0.4) is 0 Å². The summed E-state index contributed by atoms with van der Waals surface area (Å²) in [6.07, 6.45) is 3.06. The van der Waals surface area contributed by atoms with Gasteiger partial charge in [-0.1, -0.05) is 54.3 Å². The van der Waals surface area contributed by atoms with E-state index in [1.807, 2.05) is 0 Å². The number of carboxylic acids is 1. The number of nitrogens with zero attached hydrogens (tertiary/aromatic N) is 1. The van der Waals surface area contributed by atoms with E-state index in [0.29, 0.717) is 16.2 Å². The van der Waals surface area contributed by atoms with Crippen LogP contribution in [0.15, 0.2) is 58.1 Å².